The lowest BCUT2D eigenvalue weighted by Gasteiger charge is -2.03. The second kappa shape index (κ2) is 6.33. The monoisotopic (exact) mass is 351 g/mol. The highest BCUT2D eigenvalue weighted by atomic mass is 32.1. The summed E-state index contributed by atoms with van der Waals surface area (Å²) in [6, 6.07) is 9.14. The maximum absolute atomic E-state index is 12.5. The van der Waals surface area contributed by atoms with Crippen LogP contribution in [0.25, 0.3) is 22.2 Å². The van der Waals surface area contributed by atoms with Gasteiger partial charge in [-0.15, -0.1) is 11.3 Å². The number of amides is 1. The van der Waals surface area contributed by atoms with Gasteiger partial charge in [0.25, 0.3) is 5.91 Å². The van der Waals surface area contributed by atoms with Crippen molar-refractivity contribution in [1.82, 2.24) is 19.7 Å². The minimum Gasteiger partial charge on any atom is -0.462 e. The molecule has 0 aliphatic rings. The summed E-state index contributed by atoms with van der Waals surface area (Å²) in [5.41, 5.74) is 2.21. The first-order valence-corrected chi connectivity index (χ1v) is 8.34. The van der Waals surface area contributed by atoms with Gasteiger partial charge in [-0.1, -0.05) is 6.07 Å². The molecular weight excluding hydrogens is 338 g/mol. The zero-order chi connectivity index (χ0) is 17.2. The standard InChI is InChI=1S/C17H13N5O2S/c1-22-9-12(15(21-22)11-5-2-3-7-18-11)19-16(23)13-10-25-17(20-13)14-6-4-8-24-14/h2-10H,1H3,(H,19,23). The number of hydrogen-bond donors (Lipinski definition) is 1. The molecule has 0 spiro atoms. The van der Waals surface area contributed by atoms with Crippen LogP contribution in [0.15, 0.2) is 58.8 Å². The lowest BCUT2D eigenvalue weighted by molar-refractivity contribution is 0.102. The average molecular weight is 351 g/mol. The van der Waals surface area contributed by atoms with Crippen molar-refractivity contribution in [1.29, 1.82) is 0 Å². The Kier molecular flexibility index (Phi) is 3.87. The van der Waals surface area contributed by atoms with E-state index < -0.39 is 0 Å². The van der Waals surface area contributed by atoms with Gasteiger partial charge in [0.05, 0.1) is 17.6 Å². The molecule has 8 heteroatoms. The van der Waals surface area contributed by atoms with Crippen molar-refractivity contribution in [3.63, 3.8) is 0 Å². The van der Waals surface area contributed by atoms with Crippen LogP contribution in [0.1, 0.15) is 10.5 Å². The van der Waals surface area contributed by atoms with Crippen molar-refractivity contribution in [2.24, 2.45) is 7.05 Å². The first kappa shape index (κ1) is 15.3. The normalized spacial score (nSPS) is 10.8. The van der Waals surface area contributed by atoms with E-state index in [1.807, 2.05) is 18.2 Å². The van der Waals surface area contributed by atoms with E-state index in [0.29, 0.717) is 33.5 Å². The number of anilines is 1. The summed E-state index contributed by atoms with van der Waals surface area (Å²) in [6.07, 6.45) is 5.00. The maximum atomic E-state index is 12.5. The summed E-state index contributed by atoms with van der Waals surface area (Å²) in [5, 5.41) is 9.59. The molecule has 1 N–H and O–H groups in total. The summed E-state index contributed by atoms with van der Waals surface area (Å²) >= 11 is 1.35. The topological polar surface area (TPSA) is 85.8 Å². The number of aryl methyl sites for hydroxylation is 1. The van der Waals surface area contributed by atoms with Gasteiger partial charge in [0, 0.05) is 24.8 Å². The van der Waals surface area contributed by atoms with Gasteiger partial charge < -0.3 is 9.73 Å². The van der Waals surface area contributed by atoms with Crippen LogP contribution in [-0.4, -0.2) is 25.7 Å². The average Bonchev–Trinajstić information content (AvgIpc) is 3.36. The van der Waals surface area contributed by atoms with Gasteiger partial charge in [-0.2, -0.15) is 5.10 Å². The fourth-order valence-electron chi connectivity index (χ4n) is 2.35. The zero-order valence-corrected chi connectivity index (χ0v) is 14.0. The number of furan rings is 1. The Morgan fingerprint density at radius 3 is 2.96 bits per heavy atom. The number of carbonyl (C=O) groups is 1. The van der Waals surface area contributed by atoms with Crippen LogP contribution in [0.4, 0.5) is 5.69 Å². The molecule has 0 aliphatic carbocycles. The van der Waals surface area contributed by atoms with Crippen LogP contribution < -0.4 is 5.32 Å². The molecule has 25 heavy (non-hydrogen) atoms. The Morgan fingerprint density at radius 2 is 2.20 bits per heavy atom. The summed E-state index contributed by atoms with van der Waals surface area (Å²) in [6.45, 7) is 0. The largest absolute Gasteiger partial charge is 0.462 e. The Bertz CT molecular complexity index is 1010. The van der Waals surface area contributed by atoms with E-state index in [4.69, 9.17) is 4.42 Å². The summed E-state index contributed by atoms with van der Waals surface area (Å²) in [5.74, 6) is 0.332. The molecule has 0 atom stereocenters. The molecule has 4 aromatic heterocycles. The van der Waals surface area contributed by atoms with Crippen LogP contribution in [0.5, 0.6) is 0 Å². The zero-order valence-electron chi connectivity index (χ0n) is 13.2. The third-order valence-electron chi connectivity index (χ3n) is 3.45. The van der Waals surface area contributed by atoms with Gasteiger partial charge in [-0.3, -0.25) is 14.5 Å². The third-order valence-corrected chi connectivity index (χ3v) is 4.31. The van der Waals surface area contributed by atoms with Crippen molar-refractivity contribution in [3.05, 3.63) is 60.1 Å². The van der Waals surface area contributed by atoms with Gasteiger partial charge >= 0.3 is 0 Å². The van der Waals surface area contributed by atoms with Gasteiger partial charge in [0.15, 0.2) is 10.8 Å². The molecule has 0 bridgehead atoms. The van der Waals surface area contributed by atoms with Crippen molar-refractivity contribution in [2.45, 2.75) is 0 Å². The van der Waals surface area contributed by atoms with Crippen molar-refractivity contribution >= 4 is 22.9 Å². The predicted octanol–water partition coefficient (Wildman–Crippen LogP) is 3.45. The minimum atomic E-state index is -0.306. The lowest BCUT2D eigenvalue weighted by Crippen LogP contribution is -2.12. The second-order valence-corrected chi connectivity index (χ2v) is 6.11. The van der Waals surface area contributed by atoms with Gasteiger partial charge in [0.2, 0.25) is 0 Å². The summed E-state index contributed by atoms with van der Waals surface area (Å²) < 4.78 is 6.94. The highest BCUT2D eigenvalue weighted by molar-refractivity contribution is 7.13. The van der Waals surface area contributed by atoms with Crippen LogP contribution in [0, 0.1) is 0 Å². The first-order chi connectivity index (χ1) is 12.2. The fourth-order valence-corrected chi connectivity index (χ4v) is 3.12. The summed E-state index contributed by atoms with van der Waals surface area (Å²) in [4.78, 5) is 21.2. The molecule has 1 amide bonds. The molecule has 0 saturated heterocycles. The minimum absolute atomic E-state index is 0.306. The van der Waals surface area contributed by atoms with Crippen molar-refractivity contribution in [2.75, 3.05) is 5.32 Å². The number of thiazole rings is 1. The summed E-state index contributed by atoms with van der Waals surface area (Å²) in [7, 11) is 1.79. The molecule has 0 fully saturated rings. The van der Waals surface area contributed by atoms with E-state index in [0.717, 1.165) is 0 Å². The molecule has 0 aliphatic heterocycles. The van der Waals surface area contributed by atoms with Gasteiger partial charge in [0.1, 0.15) is 11.4 Å². The number of aromatic nitrogens is 4. The fraction of sp³-hybridized carbons (Fsp3) is 0.0588. The Labute approximate surface area is 147 Å². The van der Waals surface area contributed by atoms with Crippen LogP contribution in [0.2, 0.25) is 0 Å². The van der Waals surface area contributed by atoms with E-state index in [1.54, 1.807) is 47.9 Å². The Morgan fingerprint density at radius 1 is 1.28 bits per heavy atom. The van der Waals surface area contributed by atoms with E-state index in [1.165, 1.54) is 11.3 Å². The number of rotatable bonds is 4. The van der Waals surface area contributed by atoms with Crippen molar-refractivity contribution in [3.8, 4) is 22.2 Å². The molecule has 0 radical (unpaired) electrons. The highest BCUT2D eigenvalue weighted by Crippen LogP contribution is 2.27. The molecule has 0 aromatic carbocycles. The van der Waals surface area contributed by atoms with Gasteiger partial charge in [-0.25, -0.2) is 4.98 Å². The lowest BCUT2D eigenvalue weighted by atomic mass is 10.2. The van der Waals surface area contributed by atoms with Crippen molar-refractivity contribution < 1.29 is 9.21 Å². The third kappa shape index (κ3) is 3.07. The highest BCUT2D eigenvalue weighted by Gasteiger charge is 2.17. The number of nitrogens with zero attached hydrogens (tertiary/aromatic N) is 4. The maximum Gasteiger partial charge on any atom is 0.275 e. The first-order valence-electron chi connectivity index (χ1n) is 7.46. The molecule has 4 rings (SSSR count). The van der Waals surface area contributed by atoms with Crippen LogP contribution in [-0.2, 0) is 7.05 Å². The Hall–Kier alpha value is -3.26. The van der Waals surface area contributed by atoms with Gasteiger partial charge in [-0.05, 0) is 24.3 Å². The number of pyridine rings is 1. The quantitative estimate of drug-likeness (QED) is 0.608. The SMILES string of the molecule is Cn1cc(NC(=O)c2csc(-c3ccco3)n2)c(-c2ccccn2)n1. The molecule has 0 unspecified atom stereocenters. The Balaban J connectivity index is 1.60. The van der Waals surface area contributed by atoms with Crippen LogP contribution >= 0.6 is 11.3 Å². The number of hydrogen-bond acceptors (Lipinski definition) is 6. The predicted molar refractivity (Wildman–Crippen MR) is 94.2 cm³/mol. The molecule has 7 nitrogen and oxygen atoms in total. The molecule has 124 valence electrons. The molecule has 4 heterocycles. The molecule has 0 saturated carbocycles. The molecule has 4 aromatic rings. The van der Waals surface area contributed by atoms with E-state index in [2.05, 4.69) is 20.4 Å². The van der Waals surface area contributed by atoms with E-state index >= 15 is 0 Å². The number of carbonyl (C=O) groups excluding carboxylic acids is 1. The van der Waals surface area contributed by atoms with Crippen LogP contribution in [0.3, 0.4) is 0 Å². The van der Waals surface area contributed by atoms with E-state index in [9.17, 15) is 4.79 Å². The smallest absolute Gasteiger partial charge is 0.275 e. The number of nitrogens with one attached hydrogen (secondary N) is 1. The van der Waals surface area contributed by atoms with E-state index in [-0.39, 0.29) is 5.91 Å². The second-order valence-electron chi connectivity index (χ2n) is 5.25. The molecular formula is C17H13N5O2S.